The Morgan fingerprint density at radius 1 is 0.513 bits per heavy atom. The van der Waals surface area contributed by atoms with Crippen LogP contribution in [0.1, 0.15) is 16.7 Å². The van der Waals surface area contributed by atoms with E-state index in [0.29, 0.717) is 0 Å². The topological polar surface area (TPSA) is 12.5 Å². The van der Waals surface area contributed by atoms with Crippen LogP contribution in [-0.2, 0) is 5.60 Å². The fourth-order valence-electron chi connectivity index (χ4n) is 5.61. The molecule has 0 aromatic heterocycles. The highest BCUT2D eigenvalue weighted by molar-refractivity contribution is 5.93. The molecule has 2 nitrogen and oxygen atoms in total. The van der Waals surface area contributed by atoms with Crippen molar-refractivity contribution in [2.24, 2.45) is 0 Å². The molecule has 0 saturated carbocycles. The summed E-state index contributed by atoms with van der Waals surface area (Å²) in [6.45, 7) is 0. The molecule has 1 atom stereocenters. The summed E-state index contributed by atoms with van der Waals surface area (Å²) in [5.74, 6) is 0.903. The number of hydrogen-bond acceptors (Lipinski definition) is 2. The molecule has 0 fully saturated rings. The third kappa shape index (κ3) is 3.98. The van der Waals surface area contributed by atoms with E-state index in [4.69, 9.17) is 4.74 Å². The minimum Gasteiger partial charge on any atom is -0.472 e. The van der Waals surface area contributed by atoms with Crippen molar-refractivity contribution in [3.05, 3.63) is 174 Å². The van der Waals surface area contributed by atoms with Gasteiger partial charge in [-0.3, -0.25) is 0 Å². The molecule has 2 heteroatoms. The molecule has 1 aliphatic heterocycles. The highest BCUT2D eigenvalue weighted by Crippen LogP contribution is 2.49. The van der Waals surface area contributed by atoms with Crippen LogP contribution in [0.5, 0.6) is 5.75 Å². The van der Waals surface area contributed by atoms with Gasteiger partial charge in [-0.1, -0.05) is 127 Å². The lowest BCUT2D eigenvalue weighted by molar-refractivity contribution is 0.164. The molecule has 0 saturated heterocycles. The predicted octanol–water partition coefficient (Wildman–Crippen LogP) is 9.66. The zero-order chi connectivity index (χ0) is 26.1. The number of fused-ring (bicyclic) bond motifs is 3. The molecule has 0 aliphatic carbocycles. The highest BCUT2D eigenvalue weighted by atomic mass is 16.5. The van der Waals surface area contributed by atoms with Gasteiger partial charge in [-0.15, -0.1) is 0 Å². The smallest absolute Gasteiger partial charge is 0.180 e. The Balaban J connectivity index is 1.50. The minimum atomic E-state index is -0.837. The van der Waals surface area contributed by atoms with Crippen molar-refractivity contribution in [1.82, 2.24) is 0 Å². The first-order valence-corrected chi connectivity index (χ1v) is 13.3. The first kappa shape index (κ1) is 23.1. The quantitative estimate of drug-likeness (QED) is 0.233. The Labute approximate surface area is 229 Å². The molecule has 7 rings (SSSR count). The van der Waals surface area contributed by atoms with Gasteiger partial charge in [0.15, 0.2) is 5.60 Å². The lowest BCUT2D eigenvalue weighted by atomic mass is 9.82. The molecule has 186 valence electrons. The Bertz CT molecular complexity index is 1740. The van der Waals surface area contributed by atoms with E-state index in [1.807, 2.05) is 0 Å². The Hall–Kier alpha value is -5.08. The summed E-state index contributed by atoms with van der Waals surface area (Å²) in [5.41, 5.74) is 5.63. The van der Waals surface area contributed by atoms with E-state index >= 15 is 0 Å². The van der Waals surface area contributed by atoms with Crippen molar-refractivity contribution < 1.29 is 4.74 Å². The fourth-order valence-corrected chi connectivity index (χ4v) is 5.61. The molecule has 1 unspecified atom stereocenters. The monoisotopic (exact) mass is 501 g/mol. The van der Waals surface area contributed by atoms with E-state index in [1.165, 1.54) is 0 Å². The second-order valence-electron chi connectivity index (χ2n) is 9.77. The van der Waals surface area contributed by atoms with Crippen LogP contribution in [0.2, 0.25) is 0 Å². The maximum atomic E-state index is 7.25. The number of hydrogen-bond donors (Lipinski definition) is 0. The van der Waals surface area contributed by atoms with Crippen LogP contribution in [0.4, 0.5) is 17.1 Å². The van der Waals surface area contributed by atoms with Crippen LogP contribution in [0.3, 0.4) is 0 Å². The molecular weight excluding hydrogens is 474 g/mol. The average Bonchev–Trinajstić information content (AvgIpc) is 3.03. The number of rotatable bonds is 5. The van der Waals surface area contributed by atoms with Gasteiger partial charge in [-0.25, -0.2) is 0 Å². The summed E-state index contributed by atoms with van der Waals surface area (Å²) >= 11 is 0. The lowest BCUT2D eigenvalue weighted by Crippen LogP contribution is -2.35. The number of para-hydroxylation sites is 3. The number of benzene rings is 6. The van der Waals surface area contributed by atoms with Crippen LogP contribution >= 0.6 is 0 Å². The van der Waals surface area contributed by atoms with Crippen molar-refractivity contribution in [2.45, 2.75) is 5.60 Å². The van der Waals surface area contributed by atoms with E-state index in [2.05, 4.69) is 169 Å². The zero-order valence-corrected chi connectivity index (χ0v) is 21.4. The maximum absolute atomic E-state index is 7.25. The van der Waals surface area contributed by atoms with E-state index in [-0.39, 0.29) is 0 Å². The molecular formula is C37H27NO. The normalized spacial score (nSPS) is 15.9. The summed E-state index contributed by atoms with van der Waals surface area (Å²) in [5, 5.41) is 2.28. The molecule has 0 radical (unpaired) electrons. The molecule has 0 spiro atoms. The Morgan fingerprint density at radius 2 is 1.10 bits per heavy atom. The van der Waals surface area contributed by atoms with Gasteiger partial charge in [-0.2, -0.15) is 0 Å². The molecule has 6 aromatic rings. The summed E-state index contributed by atoms with van der Waals surface area (Å²) < 4.78 is 7.25. The van der Waals surface area contributed by atoms with Crippen LogP contribution in [0, 0.1) is 0 Å². The van der Waals surface area contributed by atoms with Gasteiger partial charge in [0, 0.05) is 33.5 Å². The fraction of sp³-hybridized carbons (Fsp3) is 0.0270. The number of nitrogens with zero attached hydrogens (tertiary/aromatic N) is 1. The van der Waals surface area contributed by atoms with E-state index in [0.717, 1.165) is 50.3 Å². The zero-order valence-electron chi connectivity index (χ0n) is 21.4. The van der Waals surface area contributed by atoms with Crippen molar-refractivity contribution in [3.8, 4) is 5.75 Å². The van der Waals surface area contributed by atoms with Gasteiger partial charge >= 0.3 is 0 Å². The Morgan fingerprint density at radius 3 is 1.82 bits per heavy atom. The summed E-state index contributed by atoms with van der Waals surface area (Å²) in [6, 6.07) is 52.9. The minimum absolute atomic E-state index is 0.837. The van der Waals surface area contributed by atoms with Gasteiger partial charge < -0.3 is 9.64 Å². The molecule has 0 N–H and O–H groups in total. The third-order valence-corrected chi connectivity index (χ3v) is 7.45. The van der Waals surface area contributed by atoms with Gasteiger partial charge in [0.2, 0.25) is 0 Å². The standard InChI is InChI=1S/C37H27NO/c1-4-15-30(16-5-1)37(27-26-29-25-24-28-14-10-11-21-33(28)36(29)39-37)34-22-12-13-23-35(34)38(31-17-6-2-7-18-31)32-19-8-3-9-20-32/h1-27H. The molecule has 0 amide bonds. The summed E-state index contributed by atoms with van der Waals surface area (Å²) in [6.07, 6.45) is 4.43. The number of anilines is 3. The second kappa shape index (κ2) is 9.66. The van der Waals surface area contributed by atoms with E-state index < -0.39 is 5.60 Å². The molecule has 39 heavy (non-hydrogen) atoms. The first-order valence-electron chi connectivity index (χ1n) is 13.3. The first-order chi connectivity index (χ1) is 19.3. The number of ether oxygens (including phenoxy) is 1. The second-order valence-corrected chi connectivity index (χ2v) is 9.77. The van der Waals surface area contributed by atoms with Gasteiger partial charge in [0.25, 0.3) is 0 Å². The summed E-state index contributed by atoms with van der Waals surface area (Å²) in [7, 11) is 0. The third-order valence-electron chi connectivity index (χ3n) is 7.45. The molecule has 1 aliphatic rings. The van der Waals surface area contributed by atoms with Crippen molar-refractivity contribution >= 4 is 33.9 Å². The van der Waals surface area contributed by atoms with Gasteiger partial charge in [0.05, 0.1) is 5.69 Å². The van der Waals surface area contributed by atoms with Crippen molar-refractivity contribution in [1.29, 1.82) is 0 Å². The SMILES string of the molecule is C1=CC(c2ccccc2)(c2ccccc2N(c2ccccc2)c2ccccc2)Oc2c1ccc1ccccc21. The predicted molar refractivity (Wildman–Crippen MR) is 162 cm³/mol. The maximum Gasteiger partial charge on any atom is 0.180 e. The van der Waals surface area contributed by atoms with Crippen molar-refractivity contribution in [2.75, 3.05) is 4.90 Å². The van der Waals surface area contributed by atoms with Crippen LogP contribution in [-0.4, -0.2) is 0 Å². The molecule has 1 heterocycles. The van der Waals surface area contributed by atoms with Crippen LogP contribution in [0.15, 0.2) is 158 Å². The van der Waals surface area contributed by atoms with Gasteiger partial charge in [-0.05, 0) is 41.8 Å². The molecule has 6 aromatic carbocycles. The Kier molecular flexibility index (Phi) is 5.71. The van der Waals surface area contributed by atoms with E-state index in [9.17, 15) is 0 Å². The molecule has 0 bridgehead atoms. The van der Waals surface area contributed by atoms with E-state index in [1.54, 1.807) is 0 Å². The van der Waals surface area contributed by atoms with Crippen LogP contribution in [0.25, 0.3) is 16.8 Å². The van der Waals surface area contributed by atoms with Gasteiger partial charge in [0.1, 0.15) is 5.75 Å². The lowest BCUT2D eigenvalue weighted by Gasteiger charge is -2.39. The summed E-state index contributed by atoms with van der Waals surface area (Å²) in [4.78, 5) is 2.32. The van der Waals surface area contributed by atoms with Crippen LogP contribution < -0.4 is 9.64 Å². The highest BCUT2D eigenvalue weighted by Gasteiger charge is 2.40. The van der Waals surface area contributed by atoms with Crippen molar-refractivity contribution in [3.63, 3.8) is 0 Å². The largest absolute Gasteiger partial charge is 0.472 e. The average molecular weight is 502 g/mol.